The predicted molar refractivity (Wildman–Crippen MR) is 113 cm³/mol. The number of anilines is 2. The molecule has 9 heteroatoms. The molecular formula is C20H24ClIN4O2S. The van der Waals surface area contributed by atoms with Crippen LogP contribution in [0.15, 0.2) is 24.3 Å². The van der Waals surface area contributed by atoms with Crippen molar-refractivity contribution in [3.63, 3.8) is 0 Å². The normalized spacial score (nSPS) is 20.3. The van der Waals surface area contributed by atoms with Crippen molar-refractivity contribution in [3.8, 4) is 0 Å². The predicted octanol–water partition coefficient (Wildman–Crippen LogP) is 1.06. The summed E-state index contributed by atoms with van der Waals surface area (Å²) in [5, 5.41) is 6.71. The Labute approximate surface area is 196 Å². The zero-order chi connectivity index (χ0) is 19.9. The zero-order valence-electron chi connectivity index (χ0n) is 16.1. The summed E-state index contributed by atoms with van der Waals surface area (Å²) in [7, 11) is 2.28. The van der Waals surface area contributed by atoms with Gasteiger partial charge in [-0.25, -0.2) is 4.79 Å². The van der Waals surface area contributed by atoms with Gasteiger partial charge in [0.15, 0.2) is 0 Å². The molecule has 2 aliphatic rings. The monoisotopic (exact) mass is 546 g/mol. The maximum atomic E-state index is 12.4. The first-order valence-electron chi connectivity index (χ1n) is 9.44. The van der Waals surface area contributed by atoms with E-state index in [1.807, 2.05) is 0 Å². The molecule has 1 aliphatic heterocycles. The summed E-state index contributed by atoms with van der Waals surface area (Å²) >= 11 is 7.34. The molecule has 0 saturated heterocycles. The smallest absolute Gasteiger partial charge is 0.324 e. The quantitative estimate of drug-likeness (QED) is 0.387. The van der Waals surface area contributed by atoms with Crippen molar-refractivity contribution < 1.29 is 38.0 Å². The maximum Gasteiger partial charge on any atom is 0.324 e. The van der Waals surface area contributed by atoms with E-state index in [1.165, 1.54) is 30.7 Å². The number of fused-ring (bicyclic) bond motifs is 1. The van der Waals surface area contributed by atoms with Crippen molar-refractivity contribution >= 4 is 45.6 Å². The molecule has 1 saturated carbocycles. The fourth-order valence-corrected chi connectivity index (χ4v) is 5.48. The summed E-state index contributed by atoms with van der Waals surface area (Å²) in [6.45, 7) is 3.07. The highest BCUT2D eigenvalue weighted by molar-refractivity contribution is 7.17. The van der Waals surface area contributed by atoms with E-state index in [0.717, 1.165) is 40.4 Å². The minimum atomic E-state index is -0.488. The van der Waals surface area contributed by atoms with Gasteiger partial charge >= 0.3 is 6.03 Å². The lowest BCUT2D eigenvalue weighted by atomic mass is 10.0. The Morgan fingerprint density at radius 2 is 1.93 bits per heavy atom. The molecule has 4 N–H and O–H groups in total. The Bertz CT molecular complexity index is 929. The van der Waals surface area contributed by atoms with Crippen LogP contribution in [0.2, 0.25) is 5.02 Å². The molecule has 0 bridgehead atoms. The van der Waals surface area contributed by atoms with Gasteiger partial charge in [-0.3, -0.25) is 10.1 Å². The lowest BCUT2D eigenvalue weighted by Crippen LogP contribution is -3.00. The average molecular weight is 547 g/mol. The van der Waals surface area contributed by atoms with Crippen LogP contribution in [0.25, 0.3) is 0 Å². The fraction of sp³-hybridized carbons (Fsp3) is 0.400. The first kappa shape index (κ1) is 22.3. The molecule has 1 atom stereocenters. The van der Waals surface area contributed by atoms with Gasteiger partial charge in [-0.05, 0) is 42.7 Å². The number of likely N-dealkylation sites (N-methyl/N-ethyl adjacent to an activating group) is 1. The van der Waals surface area contributed by atoms with Crippen LogP contribution >= 0.6 is 22.9 Å². The molecule has 0 spiro atoms. The Balaban J connectivity index is 0.00000240. The second-order valence-electron chi connectivity index (χ2n) is 8.04. The van der Waals surface area contributed by atoms with Gasteiger partial charge in [-0.1, -0.05) is 11.6 Å². The summed E-state index contributed by atoms with van der Waals surface area (Å²) < 4.78 is 0.993. The van der Waals surface area contributed by atoms with Gasteiger partial charge in [-0.2, -0.15) is 0 Å². The third-order valence-electron chi connectivity index (χ3n) is 5.49. The van der Waals surface area contributed by atoms with E-state index in [9.17, 15) is 9.59 Å². The number of nitrogens with two attached hydrogens (primary N) is 1. The number of nitrogens with zero attached hydrogens (tertiary/aromatic N) is 1. The largest absolute Gasteiger partial charge is 1.00 e. The molecule has 4 rings (SSSR count). The molecule has 1 aliphatic carbocycles. The zero-order valence-corrected chi connectivity index (χ0v) is 19.9. The van der Waals surface area contributed by atoms with Crippen LogP contribution in [0, 0.1) is 5.92 Å². The lowest BCUT2D eigenvalue weighted by Gasteiger charge is -2.37. The van der Waals surface area contributed by atoms with Gasteiger partial charge < -0.3 is 39.5 Å². The third-order valence-corrected chi connectivity index (χ3v) is 6.87. The first-order valence-corrected chi connectivity index (χ1v) is 10.6. The number of nitrogens with one attached hydrogen (secondary N) is 2. The minimum absolute atomic E-state index is 0. The first-order chi connectivity index (χ1) is 13.3. The topological polar surface area (TPSA) is 84.2 Å². The molecule has 2 heterocycles. The van der Waals surface area contributed by atoms with Crippen molar-refractivity contribution in [3.05, 3.63) is 45.3 Å². The number of amides is 3. The van der Waals surface area contributed by atoms with Crippen molar-refractivity contribution in [1.29, 1.82) is 0 Å². The van der Waals surface area contributed by atoms with Crippen molar-refractivity contribution in [2.75, 3.05) is 30.8 Å². The van der Waals surface area contributed by atoms with E-state index in [4.69, 9.17) is 17.3 Å². The molecule has 1 aromatic heterocycles. The van der Waals surface area contributed by atoms with Crippen LogP contribution in [-0.2, 0) is 13.0 Å². The van der Waals surface area contributed by atoms with Gasteiger partial charge in [0.05, 0.1) is 30.6 Å². The van der Waals surface area contributed by atoms with E-state index < -0.39 is 11.9 Å². The number of carbonyl (C=O) groups excluding carboxylic acids is 2. The van der Waals surface area contributed by atoms with E-state index in [1.54, 1.807) is 24.3 Å². The molecule has 1 unspecified atom stereocenters. The van der Waals surface area contributed by atoms with E-state index in [0.29, 0.717) is 21.3 Å². The number of carbonyl (C=O) groups is 2. The standard InChI is InChI=1S/C20H23ClN4O2S.HI/c1-25(10-12-2-3-12)9-8-15-16(11-25)28-19(17(15)18(22)26)24-20(27)23-14-6-4-13(21)5-7-14;/h4-7,12H,2-3,8-11H2,1H3,(H3-,22,23,24,26,27);1H. The fourth-order valence-electron chi connectivity index (χ4n) is 3.94. The van der Waals surface area contributed by atoms with Crippen LogP contribution in [0.3, 0.4) is 0 Å². The molecule has 2 aromatic rings. The van der Waals surface area contributed by atoms with Crippen LogP contribution in [0.1, 0.15) is 33.6 Å². The summed E-state index contributed by atoms with van der Waals surface area (Å²) in [5.41, 5.74) is 7.75. The molecule has 29 heavy (non-hydrogen) atoms. The molecule has 3 amide bonds. The molecule has 156 valence electrons. The number of hydrogen-bond acceptors (Lipinski definition) is 3. The number of primary amides is 1. The Morgan fingerprint density at radius 1 is 1.24 bits per heavy atom. The molecule has 1 aromatic carbocycles. The van der Waals surface area contributed by atoms with Crippen LogP contribution < -0.4 is 40.3 Å². The summed E-state index contributed by atoms with van der Waals surface area (Å²) in [5.74, 6) is 0.350. The third kappa shape index (κ3) is 5.22. The van der Waals surface area contributed by atoms with Gasteiger partial charge in [0.25, 0.3) is 5.91 Å². The highest BCUT2D eigenvalue weighted by Gasteiger charge is 2.38. The number of benzene rings is 1. The molecule has 1 fully saturated rings. The van der Waals surface area contributed by atoms with Crippen LogP contribution in [-0.4, -0.2) is 36.6 Å². The van der Waals surface area contributed by atoms with E-state index in [2.05, 4.69) is 17.7 Å². The second-order valence-corrected chi connectivity index (χ2v) is 9.58. The number of rotatable bonds is 5. The number of urea groups is 1. The number of thiophene rings is 1. The van der Waals surface area contributed by atoms with Crippen molar-refractivity contribution in [2.45, 2.75) is 25.8 Å². The van der Waals surface area contributed by atoms with Gasteiger partial charge in [0, 0.05) is 23.0 Å². The van der Waals surface area contributed by atoms with Gasteiger partial charge in [0.2, 0.25) is 0 Å². The van der Waals surface area contributed by atoms with Crippen molar-refractivity contribution in [2.24, 2.45) is 11.7 Å². The molecule has 0 radical (unpaired) electrons. The average Bonchev–Trinajstić information content (AvgIpc) is 3.35. The second kappa shape index (κ2) is 8.79. The number of hydrogen-bond donors (Lipinski definition) is 3. The summed E-state index contributed by atoms with van der Waals surface area (Å²) in [6.07, 6.45) is 3.47. The Hall–Kier alpha value is -1.36. The lowest BCUT2D eigenvalue weighted by molar-refractivity contribution is -0.925. The van der Waals surface area contributed by atoms with Gasteiger partial charge in [-0.15, -0.1) is 11.3 Å². The minimum Gasteiger partial charge on any atom is -1.00 e. The Morgan fingerprint density at radius 3 is 2.55 bits per heavy atom. The number of quaternary nitrogens is 1. The maximum absolute atomic E-state index is 12.4. The van der Waals surface area contributed by atoms with Crippen LogP contribution in [0.4, 0.5) is 15.5 Å². The van der Waals surface area contributed by atoms with Crippen molar-refractivity contribution in [1.82, 2.24) is 0 Å². The Kier molecular flexibility index (Phi) is 6.77. The van der Waals surface area contributed by atoms with Crippen LogP contribution in [0.5, 0.6) is 0 Å². The SMILES string of the molecule is C[N+]1(CC2CC2)CCc2c(sc(NC(=O)Nc3ccc(Cl)cc3)c2C(N)=O)C1.[I-]. The van der Waals surface area contributed by atoms with E-state index in [-0.39, 0.29) is 24.0 Å². The van der Waals surface area contributed by atoms with E-state index >= 15 is 0 Å². The number of halogens is 2. The summed E-state index contributed by atoms with van der Waals surface area (Å²) in [6, 6.07) is 6.44. The highest BCUT2D eigenvalue weighted by Crippen LogP contribution is 2.41. The molecule has 6 nitrogen and oxygen atoms in total. The summed E-state index contributed by atoms with van der Waals surface area (Å²) in [4.78, 5) is 25.7. The highest BCUT2D eigenvalue weighted by atomic mass is 127. The van der Waals surface area contributed by atoms with Gasteiger partial charge in [0.1, 0.15) is 11.5 Å². The molecular weight excluding hydrogens is 523 g/mol.